The molecule has 1 aromatic carbocycles. The number of aliphatic imine (C=N–C) groups is 1. The van der Waals surface area contributed by atoms with E-state index in [1.807, 2.05) is 25.1 Å². The molecule has 3 rings (SSSR count). The zero-order chi connectivity index (χ0) is 21.6. The number of ether oxygens (including phenoxy) is 2. The SMILES string of the molecule is CN=C(NCc1ccc(C)cc1OCC1CCCO1)NC1CCN(CC(F)(F)F)C1. The summed E-state index contributed by atoms with van der Waals surface area (Å²) in [5.74, 6) is 1.38. The van der Waals surface area contributed by atoms with E-state index in [2.05, 4.69) is 15.6 Å². The molecule has 2 aliphatic rings. The van der Waals surface area contributed by atoms with Crippen molar-refractivity contribution in [3.63, 3.8) is 0 Å². The molecule has 2 heterocycles. The third kappa shape index (κ3) is 7.05. The largest absolute Gasteiger partial charge is 0.491 e. The number of nitrogens with zero attached hydrogens (tertiary/aromatic N) is 2. The van der Waals surface area contributed by atoms with Gasteiger partial charge in [0.15, 0.2) is 5.96 Å². The molecule has 2 atom stereocenters. The van der Waals surface area contributed by atoms with Gasteiger partial charge in [-0.05, 0) is 37.8 Å². The number of likely N-dealkylation sites (tertiary alicyclic amines) is 1. The van der Waals surface area contributed by atoms with Crippen molar-refractivity contribution in [3.8, 4) is 5.75 Å². The normalized spacial score (nSPS) is 23.0. The minimum absolute atomic E-state index is 0.0631. The van der Waals surface area contributed by atoms with Gasteiger partial charge in [-0.25, -0.2) is 0 Å². The average molecular weight is 428 g/mol. The molecule has 0 spiro atoms. The summed E-state index contributed by atoms with van der Waals surface area (Å²) in [6.07, 6.45) is -1.29. The Morgan fingerprint density at radius 1 is 1.33 bits per heavy atom. The van der Waals surface area contributed by atoms with E-state index in [4.69, 9.17) is 9.47 Å². The lowest BCUT2D eigenvalue weighted by Crippen LogP contribution is -2.45. The molecule has 2 saturated heterocycles. The smallest absolute Gasteiger partial charge is 0.401 e. The highest BCUT2D eigenvalue weighted by Crippen LogP contribution is 2.23. The molecule has 2 fully saturated rings. The number of nitrogens with one attached hydrogen (secondary N) is 2. The summed E-state index contributed by atoms with van der Waals surface area (Å²) >= 11 is 0. The summed E-state index contributed by atoms with van der Waals surface area (Å²) in [6.45, 7) is 3.74. The highest BCUT2D eigenvalue weighted by Gasteiger charge is 2.34. The molecule has 2 N–H and O–H groups in total. The standard InChI is InChI=1S/C21H31F3N4O2/c1-15-5-6-16(19(10-15)30-13-18-4-3-9-29-18)11-26-20(25-2)27-17-7-8-28(12-17)14-21(22,23)24/h5-6,10,17-18H,3-4,7-9,11-14H2,1-2H3,(H2,25,26,27). The van der Waals surface area contributed by atoms with Crippen LogP contribution in [-0.4, -0.2) is 69.1 Å². The summed E-state index contributed by atoms with van der Waals surface area (Å²) in [4.78, 5) is 5.63. The summed E-state index contributed by atoms with van der Waals surface area (Å²) in [5.41, 5.74) is 2.10. The molecule has 2 aliphatic heterocycles. The van der Waals surface area contributed by atoms with E-state index in [0.29, 0.717) is 38.6 Å². The number of alkyl halides is 3. The van der Waals surface area contributed by atoms with Crippen molar-refractivity contribution < 1.29 is 22.6 Å². The summed E-state index contributed by atoms with van der Waals surface area (Å²) in [6, 6.07) is 5.99. The Morgan fingerprint density at radius 2 is 2.17 bits per heavy atom. The molecule has 0 radical (unpaired) electrons. The Kier molecular flexibility index (Phi) is 7.82. The molecule has 168 valence electrons. The predicted molar refractivity (Wildman–Crippen MR) is 110 cm³/mol. The predicted octanol–water partition coefficient (Wildman–Crippen LogP) is 2.85. The van der Waals surface area contributed by atoms with Crippen molar-refractivity contribution in [3.05, 3.63) is 29.3 Å². The fraction of sp³-hybridized carbons (Fsp3) is 0.667. The van der Waals surface area contributed by atoms with Crippen LogP contribution in [0.2, 0.25) is 0 Å². The van der Waals surface area contributed by atoms with Crippen LogP contribution in [0.3, 0.4) is 0 Å². The zero-order valence-electron chi connectivity index (χ0n) is 17.6. The van der Waals surface area contributed by atoms with Crippen LogP contribution in [0.1, 0.15) is 30.4 Å². The van der Waals surface area contributed by atoms with Gasteiger partial charge in [-0.15, -0.1) is 0 Å². The van der Waals surface area contributed by atoms with Crippen molar-refractivity contribution in [1.29, 1.82) is 0 Å². The van der Waals surface area contributed by atoms with Gasteiger partial charge in [-0.3, -0.25) is 9.89 Å². The third-order valence-electron chi connectivity index (χ3n) is 5.36. The Balaban J connectivity index is 1.51. The second kappa shape index (κ2) is 10.3. The molecule has 6 nitrogen and oxygen atoms in total. The molecule has 9 heteroatoms. The second-order valence-electron chi connectivity index (χ2n) is 7.96. The van der Waals surface area contributed by atoms with Crippen LogP contribution in [0.5, 0.6) is 5.75 Å². The maximum Gasteiger partial charge on any atom is 0.401 e. The minimum atomic E-state index is -4.17. The van der Waals surface area contributed by atoms with E-state index >= 15 is 0 Å². The zero-order valence-corrected chi connectivity index (χ0v) is 17.6. The fourth-order valence-electron chi connectivity index (χ4n) is 3.82. The summed E-state index contributed by atoms with van der Waals surface area (Å²) in [7, 11) is 1.65. The van der Waals surface area contributed by atoms with E-state index in [9.17, 15) is 13.2 Å². The van der Waals surface area contributed by atoms with Crippen LogP contribution in [-0.2, 0) is 11.3 Å². The van der Waals surface area contributed by atoms with Crippen molar-refractivity contribution in [2.75, 3.05) is 39.9 Å². The first-order chi connectivity index (χ1) is 14.3. The number of hydrogen-bond acceptors (Lipinski definition) is 4. The number of halogens is 3. The lowest BCUT2D eigenvalue weighted by Gasteiger charge is -2.20. The van der Waals surface area contributed by atoms with E-state index in [1.165, 1.54) is 4.90 Å². The number of hydrogen-bond donors (Lipinski definition) is 2. The lowest BCUT2D eigenvalue weighted by molar-refractivity contribution is -0.143. The van der Waals surface area contributed by atoms with Gasteiger partial charge in [0.1, 0.15) is 12.4 Å². The molecule has 0 aromatic heterocycles. The Morgan fingerprint density at radius 3 is 2.87 bits per heavy atom. The Hall–Kier alpha value is -2.00. The van der Waals surface area contributed by atoms with Crippen LogP contribution in [0, 0.1) is 6.92 Å². The molecule has 0 amide bonds. The van der Waals surface area contributed by atoms with Gasteiger partial charge in [-0.2, -0.15) is 13.2 Å². The molecule has 30 heavy (non-hydrogen) atoms. The van der Waals surface area contributed by atoms with E-state index in [0.717, 1.165) is 36.3 Å². The molecule has 2 unspecified atom stereocenters. The minimum Gasteiger partial charge on any atom is -0.491 e. The molecular formula is C21H31F3N4O2. The quantitative estimate of drug-likeness (QED) is 0.517. The number of guanidine groups is 1. The fourth-order valence-corrected chi connectivity index (χ4v) is 3.82. The topological polar surface area (TPSA) is 58.1 Å². The number of benzene rings is 1. The maximum absolute atomic E-state index is 12.6. The van der Waals surface area contributed by atoms with Crippen molar-refractivity contribution in [1.82, 2.24) is 15.5 Å². The van der Waals surface area contributed by atoms with Gasteiger partial charge < -0.3 is 20.1 Å². The third-order valence-corrected chi connectivity index (χ3v) is 5.36. The van der Waals surface area contributed by atoms with Crippen molar-refractivity contribution in [2.24, 2.45) is 4.99 Å². The highest BCUT2D eigenvalue weighted by atomic mass is 19.4. The first kappa shape index (κ1) is 22.7. The maximum atomic E-state index is 12.6. The average Bonchev–Trinajstić information content (AvgIpc) is 3.35. The van der Waals surface area contributed by atoms with Gasteiger partial charge in [0.05, 0.1) is 12.6 Å². The lowest BCUT2D eigenvalue weighted by atomic mass is 10.1. The molecule has 1 aromatic rings. The molecule has 0 saturated carbocycles. The van der Waals surface area contributed by atoms with E-state index in [1.54, 1.807) is 7.05 Å². The van der Waals surface area contributed by atoms with Crippen LogP contribution in [0.15, 0.2) is 23.2 Å². The highest BCUT2D eigenvalue weighted by molar-refractivity contribution is 5.80. The summed E-state index contributed by atoms with van der Waals surface area (Å²) in [5, 5.41) is 6.48. The first-order valence-corrected chi connectivity index (χ1v) is 10.4. The number of aryl methyl sites for hydroxylation is 1. The Labute approximate surface area is 175 Å². The van der Waals surface area contributed by atoms with E-state index in [-0.39, 0.29) is 12.1 Å². The van der Waals surface area contributed by atoms with Gasteiger partial charge in [-0.1, -0.05) is 12.1 Å². The van der Waals surface area contributed by atoms with Gasteiger partial charge in [0, 0.05) is 44.9 Å². The molecular weight excluding hydrogens is 397 g/mol. The van der Waals surface area contributed by atoms with Crippen LogP contribution in [0.25, 0.3) is 0 Å². The Bertz CT molecular complexity index is 721. The van der Waals surface area contributed by atoms with Gasteiger partial charge >= 0.3 is 6.18 Å². The van der Waals surface area contributed by atoms with Gasteiger partial charge in [0.25, 0.3) is 0 Å². The monoisotopic (exact) mass is 428 g/mol. The van der Waals surface area contributed by atoms with E-state index < -0.39 is 12.7 Å². The molecule has 0 aliphatic carbocycles. The second-order valence-corrected chi connectivity index (χ2v) is 7.96. The summed E-state index contributed by atoms with van der Waals surface area (Å²) < 4.78 is 49.4. The van der Waals surface area contributed by atoms with Gasteiger partial charge in [0.2, 0.25) is 0 Å². The van der Waals surface area contributed by atoms with Crippen molar-refractivity contribution >= 4 is 5.96 Å². The van der Waals surface area contributed by atoms with Crippen LogP contribution < -0.4 is 15.4 Å². The number of rotatable bonds is 7. The first-order valence-electron chi connectivity index (χ1n) is 10.4. The van der Waals surface area contributed by atoms with Crippen LogP contribution >= 0.6 is 0 Å². The molecule has 0 bridgehead atoms. The van der Waals surface area contributed by atoms with Crippen LogP contribution in [0.4, 0.5) is 13.2 Å². The van der Waals surface area contributed by atoms with Crippen molar-refractivity contribution in [2.45, 2.75) is 51.1 Å².